The molecule has 0 aliphatic rings. The van der Waals surface area contributed by atoms with E-state index in [1.807, 2.05) is 27.6 Å². The van der Waals surface area contributed by atoms with E-state index in [0.29, 0.717) is 18.8 Å². The molecule has 0 saturated carbocycles. The Morgan fingerprint density at radius 3 is 3.20 bits per heavy atom. The number of carbonyl (C=O) groups excluding carboxylic acids is 1. The second-order valence-electron chi connectivity index (χ2n) is 4.14. The minimum absolute atomic E-state index is 0.240. The zero-order valence-electron chi connectivity index (χ0n) is 10.5. The second kappa shape index (κ2) is 5.70. The van der Waals surface area contributed by atoms with Gasteiger partial charge in [-0.05, 0) is 11.4 Å². The van der Waals surface area contributed by atoms with Crippen LogP contribution in [0.15, 0.2) is 46.1 Å². The smallest absolute Gasteiger partial charge is 0.273 e. The molecule has 0 saturated heterocycles. The summed E-state index contributed by atoms with van der Waals surface area (Å²) < 4.78 is 7.05. The van der Waals surface area contributed by atoms with E-state index in [0.717, 1.165) is 5.56 Å². The molecule has 1 N–H and O–H groups in total. The number of hydrogen-bond donors (Lipinski definition) is 1. The van der Waals surface area contributed by atoms with E-state index in [9.17, 15) is 4.79 Å². The lowest BCUT2D eigenvalue weighted by Crippen LogP contribution is -2.27. The maximum absolute atomic E-state index is 11.9. The molecule has 0 aliphatic heterocycles. The fourth-order valence-electron chi connectivity index (χ4n) is 1.73. The number of amides is 1. The van der Waals surface area contributed by atoms with Crippen LogP contribution >= 0.6 is 11.3 Å². The average Bonchev–Trinajstić information content (AvgIpc) is 3.20. The highest BCUT2D eigenvalue weighted by molar-refractivity contribution is 7.08. The van der Waals surface area contributed by atoms with Crippen LogP contribution in [0.25, 0.3) is 11.3 Å². The Kier molecular flexibility index (Phi) is 3.60. The van der Waals surface area contributed by atoms with Gasteiger partial charge in [-0.1, -0.05) is 5.16 Å². The van der Waals surface area contributed by atoms with Gasteiger partial charge >= 0.3 is 0 Å². The SMILES string of the molecule is O=C(NCCn1ccnc1)c1cc(-c2ccsc2)on1. The Bertz CT molecular complexity index is 673. The number of hydrogen-bond acceptors (Lipinski definition) is 5. The number of rotatable bonds is 5. The van der Waals surface area contributed by atoms with Gasteiger partial charge in [0, 0.05) is 42.5 Å². The Labute approximate surface area is 119 Å². The van der Waals surface area contributed by atoms with Crippen molar-refractivity contribution in [1.82, 2.24) is 20.0 Å². The topological polar surface area (TPSA) is 73.0 Å². The maximum Gasteiger partial charge on any atom is 0.273 e. The van der Waals surface area contributed by atoms with E-state index in [4.69, 9.17) is 4.52 Å². The highest BCUT2D eigenvalue weighted by Crippen LogP contribution is 2.22. The van der Waals surface area contributed by atoms with E-state index < -0.39 is 0 Å². The standard InChI is InChI=1S/C13H12N4O2S/c18-13(15-3-5-17-4-2-14-9-17)11-7-12(19-16-11)10-1-6-20-8-10/h1-2,4,6-9H,3,5H2,(H,15,18). The molecule has 0 atom stereocenters. The third-order valence-corrected chi connectivity index (χ3v) is 3.45. The van der Waals surface area contributed by atoms with E-state index in [2.05, 4.69) is 15.5 Å². The van der Waals surface area contributed by atoms with Gasteiger partial charge in [0.1, 0.15) is 0 Å². The van der Waals surface area contributed by atoms with Gasteiger partial charge in [0.05, 0.1) is 6.33 Å². The second-order valence-corrected chi connectivity index (χ2v) is 4.92. The van der Waals surface area contributed by atoms with Gasteiger partial charge in [0.2, 0.25) is 0 Å². The van der Waals surface area contributed by atoms with Crippen molar-refractivity contribution in [1.29, 1.82) is 0 Å². The predicted octanol–water partition coefficient (Wildman–Crippen LogP) is 2.03. The van der Waals surface area contributed by atoms with Gasteiger partial charge in [-0.3, -0.25) is 4.79 Å². The van der Waals surface area contributed by atoms with Crippen molar-refractivity contribution < 1.29 is 9.32 Å². The summed E-state index contributed by atoms with van der Waals surface area (Å²) >= 11 is 1.57. The van der Waals surface area contributed by atoms with E-state index in [-0.39, 0.29) is 11.6 Å². The third-order valence-electron chi connectivity index (χ3n) is 2.76. The summed E-state index contributed by atoms with van der Waals surface area (Å²) in [5.41, 5.74) is 1.22. The molecule has 0 aromatic carbocycles. The lowest BCUT2D eigenvalue weighted by atomic mass is 10.2. The van der Waals surface area contributed by atoms with Gasteiger partial charge in [0.25, 0.3) is 5.91 Å². The first-order chi connectivity index (χ1) is 9.83. The molecule has 102 valence electrons. The van der Waals surface area contributed by atoms with Gasteiger partial charge in [-0.2, -0.15) is 11.3 Å². The molecule has 0 bridgehead atoms. The molecule has 0 unspecified atom stereocenters. The van der Waals surface area contributed by atoms with Crippen LogP contribution in [0, 0.1) is 0 Å². The lowest BCUT2D eigenvalue weighted by molar-refractivity contribution is 0.0943. The number of carbonyl (C=O) groups is 1. The van der Waals surface area contributed by atoms with E-state index in [1.165, 1.54) is 0 Å². The first-order valence-corrected chi connectivity index (χ1v) is 7.00. The van der Waals surface area contributed by atoms with Gasteiger partial charge in [0.15, 0.2) is 11.5 Å². The van der Waals surface area contributed by atoms with Crippen molar-refractivity contribution >= 4 is 17.2 Å². The minimum Gasteiger partial charge on any atom is -0.355 e. The Balaban J connectivity index is 1.57. The van der Waals surface area contributed by atoms with Crippen molar-refractivity contribution in [3.05, 3.63) is 47.3 Å². The molecule has 6 nitrogen and oxygen atoms in total. The monoisotopic (exact) mass is 288 g/mol. The highest BCUT2D eigenvalue weighted by Gasteiger charge is 2.13. The summed E-state index contributed by atoms with van der Waals surface area (Å²) in [4.78, 5) is 15.8. The number of imidazole rings is 1. The fourth-order valence-corrected chi connectivity index (χ4v) is 2.38. The zero-order chi connectivity index (χ0) is 13.8. The van der Waals surface area contributed by atoms with E-state index in [1.54, 1.807) is 29.9 Å². The van der Waals surface area contributed by atoms with Crippen LogP contribution in [-0.2, 0) is 6.54 Å². The number of nitrogens with one attached hydrogen (secondary N) is 1. The quantitative estimate of drug-likeness (QED) is 0.779. The van der Waals surface area contributed by atoms with Crippen LogP contribution in [0.1, 0.15) is 10.5 Å². The highest BCUT2D eigenvalue weighted by atomic mass is 32.1. The largest absolute Gasteiger partial charge is 0.355 e. The third kappa shape index (κ3) is 2.77. The van der Waals surface area contributed by atoms with Gasteiger partial charge in [-0.25, -0.2) is 4.98 Å². The summed E-state index contributed by atoms with van der Waals surface area (Å²) in [5.74, 6) is 0.362. The lowest BCUT2D eigenvalue weighted by Gasteiger charge is -2.03. The van der Waals surface area contributed by atoms with Gasteiger partial charge < -0.3 is 14.4 Å². The summed E-state index contributed by atoms with van der Waals surface area (Å²) in [6, 6.07) is 3.57. The zero-order valence-corrected chi connectivity index (χ0v) is 11.3. The molecule has 0 fully saturated rings. The molecule has 3 aromatic heterocycles. The van der Waals surface area contributed by atoms with Crippen molar-refractivity contribution in [2.45, 2.75) is 6.54 Å². The molecule has 3 rings (SSSR count). The normalized spacial score (nSPS) is 10.6. The molecular weight excluding hydrogens is 276 g/mol. The fraction of sp³-hybridized carbons (Fsp3) is 0.154. The average molecular weight is 288 g/mol. The number of nitrogens with zero attached hydrogens (tertiary/aromatic N) is 3. The molecule has 0 spiro atoms. The molecule has 3 aromatic rings. The summed E-state index contributed by atoms with van der Waals surface area (Å²) in [5, 5.41) is 10.5. The van der Waals surface area contributed by atoms with Crippen LogP contribution in [-0.4, -0.2) is 27.2 Å². The van der Waals surface area contributed by atoms with Crippen LogP contribution in [0.4, 0.5) is 0 Å². The summed E-state index contributed by atoms with van der Waals surface area (Å²) in [6.45, 7) is 1.18. The Morgan fingerprint density at radius 1 is 1.50 bits per heavy atom. The van der Waals surface area contributed by atoms with Crippen molar-refractivity contribution in [2.24, 2.45) is 0 Å². The molecule has 7 heteroatoms. The summed E-state index contributed by atoms with van der Waals surface area (Å²) in [7, 11) is 0. The molecular formula is C13H12N4O2S. The van der Waals surface area contributed by atoms with Crippen LogP contribution in [0.2, 0.25) is 0 Å². The first-order valence-electron chi connectivity index (χ1n) is 6.06. The van der Waals surface area contributed by atoms with Crippen molar-refractivity contribution in [3.63, 3.8) is 0 Å². The maximum atomic E-state index is 11.9. The number of thiophene rings is 1. The number of aromatic nitrogens is 3. The van der Waals surface area contributed by atoms with Crippen LogP contribution in [0.3, 0.4) is 0 Å². The van der Waals surface area contributed by atoms with E-state index >= 15 is 0 Å². The molecule has 0 aliphatic carbocycles. The molecule has 0 radical (unpaired) electrons. The van der Waals surface area contributed by atoms with Crippen LogP contribution < -0.4 is 5.32 Å². The predicted molar refractivity (Wildman–Crippen MR) is 74.4 cm³/mol. The van der Waals surface area contributed by atoms with Crippen molar-refractivity contribution in [2.75, 3.05) is 6.54 Å². The van der Waals surface area contributed by atoms with Gasteiger partial charge in [-0.15, -0.1) is 0 Å². The van der Waals surface area contributed by atoms with Crippen molar-refractivity contribution in [3.8, 4) is 11.3 Å². The first kappa shape index (κ1) is 12.6. The van der Waals surface area contributed by atoms with Crippen LogP contribution in [0.5, 0.6) is 0 Å². The Morgan fingerprint density at radius 2 is 2.45 bits per heavy atom. The minimum atomic E-state index is -0.240. The molecule has 20 heavy (non-hydrogen) atoms. The summed E-state index contributed by atoms with van der Waals surface area (Å²) in [6.07, 6.45) is 5.25. The molecule has 3 heterocycles. The molecule has 1 amide bonds. The Hall–Kier alpha value is -2.41.